The van der Waals surface area contributed by atoms with Crippen LogP contribution in [0.2, 0.25) is 0 Å². The first-order chi connectivity index (χ1) is 38.8. The Morgan fingerprint density at radius 1 is 0.430 bits per heavy atom. The lowest BCUT2D eigenvalue weighted by atomic mass is 10.0. The van der Waals surface area contributed by atoms with E-state index in [4.69, 9.17) is 33.2 Å². The van der Waals surface area contributed by atoms with Crippen molar-refractivity contribution in [3.8, 4) is 80.0 Å². The van der Waals surface area contributed by atoms with Gasteiger partial charge in [0.05, 0.1) is 48.8 Å². The second-order valence-electron chi connectivity index (χ2n) is 19.0. The second kappa shape index (κ2) is 29.8. The van der Waals surface area contributed by atoms with Crippen molar-refractivity contribution in [2.24, 2.45) is 0 Å². The fourth-order valence-electron chi connectivity index (χ4n) is 8.96. The van der Waals surface area contributed by atoms with E-state index in [0.29, 0.717) is 45.2 Å². The molecule has 0 saturated heterocycles. The van der Waals surface area contributed by atoms with Crippen molar-refractivity contribution in [1.82, 2.24) is 9.97 Å². The van der Waals surface area contributed by atoms with Gasteiger partial charge >= 0.3 is 0 Å². The molecular formula is C67H72N2O8S2. The predicted octanol–water partition coefficient (Wildman–Crippen LogP) is 17.8. The van der Waals surface area contributed by atoms with Crippen LogP contribution in [0.25, 0.3) is 22.5 Å². The third-order valence-corrected chi connectivity index (χ3v) is 14.3. The molecule has 1 N–H and O–H groups in total. The minimum absolute atomic E-state index is 0.180. The molecule has 0 aliphatic carbocycles. The summed E-state index contributed by atoms with van der Waals surface area (Å²) < 4.78 is 43.7. The van der Waals surface area contributed by atoms with E-state index in [2.05, 4.69) is 74.2 Å². The quantitative estimate of drug-likeness (QED) is 0.0500. The second-order valence-corrected chi connectivity index (χ2v) is 20.4. The van der Waals surface area contributed by atoms with Crippen molar-refractivity contribution in [1.29, 1.82) is 0 Å². The van der Waals surface area contributed by atoms with E-state index in [1.165, 1.54) is 11.3 Å². The molecule has 0 saturated carbocycles. The number of thiazole rings is 2. The number of hydrogen-bond acceptors (Lipinski definition) is 12. The summed E-state index contributed by atoms with van der Waals surface area (Å²) in [7, 11) is 0. The Morgan fingerprint density at radius 3 is 1.35 bits per heavy atom. The summed E-state index contributed by atoms with van der Waals surface area (Å²) in [6, 6.07) is 46.1. The van der Waals surface area contributed by atoms with Crippen LogP contribution in [-0.2, 0) is 32.3 Å². The van der Waals surface area contributed by atoms with Crippen LogP contribution in [0, 0.1) is 13.8 Å². The number of ether oxygens (including phenoxy) is 7. The van der Waals surface area contributed by atoms with Gasteiger partial charge in [0.25, 0.3) is 0 Å². The molecule has 12 heteroatoms. The molecule has 0 spiro atoms. The van der Waals surface area contributed by atoms with Crippen molar-refractivity contribution >= 4 is 22.7 Å². The first kappa shape index (κ1) is 57.4. The van der Waals surface area contributed by atoms with E-state index in [-0.39, 0.29) is 5.75 Å². The number of aryl methyl sites for hydroxylation is 4. The number of phenols is 1. The molecule has 2 aromatic heterocycles. The molecule has 0 unspecified atom stereocenters. The Morgan fingerprint density at radius 2 is 0.873 bits per heavy atom. The molecule has 0 aliphatic heterocycles. The molecule has 0 fully saturated rings. The Hall–Kier alpha value is -7.80. The number of para-hydroxylation sites is 2. The van der Waals surface area contributed by atoms with E-state index in [9.17, 15) is 5.11 Å². The zero-order chi connectivity index (χ0) is 55.2. The van der Waals surface area contributed by atoms with Crippen LogP contribution in [-0.4, -0.2) is 41.5 Å². The highest BCUT2D eigenvalue weighted by molar-refractivity contribution is 7.08. The average molecular weight is 1100 g/mol. The van der Waals surface area contributed by atoms with Crippen LogP contribution < -0.4 is 33.2 Å². The minimum Gasteiger partial charge on any atom is -0.507 e. The van der Waals surface area contributed by atoms with Crippen molar-refractivity contribution in [3.63, 3.8) is 0 Å². The number of nitrogens with zero attached hydrogens (tertiary/aromatic N) is 2. The van der Waals surface area contributed by atoms with Gasteiger partial charge in [-0.3, -0.25) is 0 Å². The van der Waals surface area contributed by atoms with Crippen molar-refractivity contribution in [2.45, 2.75) is 99.5 Å². The van der Waals surface area contributed by atoms with Crippen LogP contribution in [0.15, 0.2) is 161 Å². The van der Waals surface area contributed by atoms with Gasteiger partial charge in [0.2, 0.25) is 0 Å². The van der Waals surface area contributed by atoms with Gasteiger partial charge in [-0.25, -0.2) is 9.97 Å². The smallest absolute Gasteiger partial charge is 0.134 e. The van der Waals surface area contributed by atoms with Crippen LogP contribution in [0.3, 0.4) is 0 Å². The molecule has 0 atom stereocenters. The molecule has 0 bridgehead atoms. The standard InChI is InChI=1S/C37H39NO4S.C30H33NO4S/c1-4-13-30-34(18-11-19-35(30)42-33-17-10-9-14-27(33)3)39-20-12-21-40-36-23-37(41-24-28-15-7-6-8-16-28)31(22-29(36)5-2)32-25-43-26-38-32;1-4-10-23-28(13-8-14-29(23)35-27-12-7-6-11-21(27)3)33-15-9-16-34-30-18-26(32)24(17-22(30)5-2)25-19-36-20-31-25/h6-11,14-19,22-23,25-26H,4-5,12-13,20-21,24H2,1-3H3;6-8,11-14,17-20,32H,4-5,9-10,15-16H2,1-3H3. The van der Waals surface area contributed by atoms with E-state index in [0.717, 1.165) is 152 Å². The molecule has 10 nitrogen and oxygen atoms in total. The van der Waals surface area contributed by atoms with Gasteiger partial charge in [0.15, 0.2) is 0 Å². The highest BCUT2D eigenvalue weighted by Gasteiger charge is 2.18. The van der Waals surface area contributed by atoms with E-state index in [1.54, 1.807) is 22.9 Å². The summed E-state index contributed by atoms with van der Waals surface area (Å²) in [5, 5.41) is 14.5. The van der Waals surface area contributed by atoms with Gasteiger partial charge in [0, 0.05) is 58.0 Å². The van der Waals surface area contributed by atoms with Crippen LogP contribution in [0.5, 0.6) is 57.5 Å². The normalized spacial score (nSPS) is 10.9. The summed E-state index contributed by atoms with van der Waals surface area (Å²) in [6.07, 6.45) is 6.85. The van der Waals surface area contributed by atoms with Gasteiger partial charge in [-0.1, -0.05) is 119 Å². The number of rotatable bonds is 27. The summed E-state index contributed by atoms with van der Waals surface area (Å²) >= 11 is 3.09. The van der Waals surface area contributed by atoms with Crippen LogP contribution >= 0.6 is 22.7 Å². The van der Waals surface area contributed by atoms with Crippen molar-refractivity contribution in [2.75, 3.05) is 26.4 Å². The maximum Gasteiger partial charge on any atom is 0.134 e. The molecule has 2 heterocycles. The maximum atomic E-state index is 10.5. The van der Waals surface area contributed by atoms with Crippen molar-refractivity contribution in [3.05, 3.63) is 200 Å². The molecule has 0 aliphatic rings. The zero-order valence-electron chi connectivity index (χ0n) is 46.3. The lowest BCUT2D eigenvalue weighted by Gasteiger charge is -2.18. The van der Waals surface area contributed by atoms with E-state index in [1.807, 2.05) is 127 Å². The number of phenolic OH excluding ortho intramolecular Hbond substituents is 1. The molecular weight excluding hydrogens is 1020 g/mol. The van der Waals surface area contributed by atoms with E-state index >= 15 is 0 Å². The van der Waals surface area contributed by atoms with Crippen LogP contribution in [0.1, 0.15) is 92.3 Å². The highest BCUT2D eigenvalue weighted by Crippen LogP contribution is 2.40. The Labute approximate surface area is 474 Å². The monoisotopic (exact) mass is 1100 g/mol. The first-order valence-corrected chi connectivity index (χ1v) is 29.3. The minimum atomic E-state index is 0.180. The fraction of sp³-hybridized carbons (Fsp3) is 0.284. The maximum absolute atomic E-state index is 10.5. The molecule has 9 rings (SSSR count). The summed E-state index contributed by atoms with van der Waals surface area (Å²) in [4.78, 5) is 8.86. The number of hydrogen-bond donors (Lipinski definition) is 1. The highest BCUT2D eigenvalue weighted by atomic mass is 32.1. The van der Waals surface area contributed by atoms with Gasteiger partial charge in [-0.05, 0) is 116 Å². The lowest BCUT2D eigenvalue weighted by molar-refractivity contribution is 0.242. The Bertz CT molecular complexity index is 3290. The lowest BCUT2D eigenvalue weighted by Crippen LogP contribution is -2.08. The van der Waals surface area contributed by atoms with Gasteiger partial charge in [0.1, 0.15) is 64.1 Å². The topological polar surface area (TPSA) is 111 Å². The number of aromatic nitrogens is 2. The predicted molar refractivity (Wildman–Crippen MR) is 321 cm³/mol. The first-order valence-electron chi connectivity index (χ1n) is 27.4. The fourth-order valence-corrected chi connectivity index (χ4v) is 10.1. The molecule has 9 aromatic rings. The van der Waals surface area contributed by atoms with Gasteiger partial charge in [-0.2, -0.15) is 0 Å². The molecule has 0 radical (unpaired) electrons. The molecule has 79 heavy (non-hydrogen) atoms. The van der Waals surface area contributed by atoms with E-state index < -0.39 is 0 Å². The molecule has 7 aromatic carbocycles. The third kappa shape index (κ3) is 15.9. The van der Waals surface area contributed by atoms with Gasteiger partial charge < -0.3 is 38.3 Å². The largest absolute Gasteiger partial charge is 0.507 e. The number of aromatic hydroxyl groups is 1. The summed E-state index contributed by atoms with van der Waals surface area (Å²) in [5.41, 5.74) is 14.7. The average Bonchev–Trinajstić information content (AvgIpc) is 4.27. The summed E-state index contributed by atoms with van der Waals surface area (Å²) in [6.45, 7) is 15.2. The molecule has 410 valence electrons. The summed E-state index contributed by atoms with van der Waals surface area (Å²) in [5.74, 6) is 7.62. The van der Waals surface area contributed by atoms with Gasteiger partial charge in [-0.15, -0.1) is 22.7 Å². The zero-order valence-corrected chi connectivity index (χ0v) is 47.9. The SMILES string of the molecule is CCCc1c(OCCCOc2cc(O)c(-c3cscn3)cc2CC)cccc1Oc1ccccc1C.CCCc1c(OCCCOc2cc(OCc3ccccc3)c(-c3cscn3)cc2CC)cccc1Oc1ccccc1C. The van der Waals surface area contributed by atoms with Crippen LogP contribution in [0.4, 0.5) is 0 Å². The third-order valence-electron chi connectivity index (χ3n) is 13.2. The Balaban J connectivity index is 0.000000211. The number of benzene rings is 7. The Kier molecular flexibility index (Phi) is 21.6. The van der Waals surface area contributed by atoms with Crippen molar-refractivity contribution < 1.29 is 38.3 Å². The molecule has 0 amide bonds.